The van der Waals surface area contributed by atoms with Gasteiger partial charge in [-0.25, -0.2) is 0 Å². The molecule has 1 atom stereocenters. The van der Waals surface area contributed by atoms with Crippen molar-refractivity contribution in [1.29, 1.82) is 0 Å². The summed E-state index contributed by atoms with van der Waals surface area (Å²) < 4.78 is 6.14. The summed E-state index contributed by atoms with van der Waals surface area (Å²) >= 11 is 0. The number of carbonyl (C=O) groups is 2. The van der Waals surface area contributed by atoms with Crippen molar-refractivity contribution in [2.24, 2.45) is 0 Å². The quantitative estimate of drug-likeness (QED) is 0.631. The highest BCUT2D eigenvalue weighted by Crippen LogP contribution is 2.38. The Bertz CT molecular complexity index is 563. The van der Waals surface area contributed by atoms with Crippen LogP contribution in [0.4, 0.5) is 0 Å². The van der Waals surface area contributed by atoms with Crippen LogP contribution in [0, 0.1) is 0 Å². The molecule has 1 unspecified atom stereocenters. The molecule has 1 aliphatic heterocycles. The second kappa shape index (κ2) is 5.97. The van der Waals surface area contributed by atoms with Crippen molar-refractivity contribution >= 4 is 20.1 Å². The molecule has 0 bridgehead atoms. The van der Waals surface area contributed by atoms with E-state index in [0.29, 0.717) is 6.54 Å². The summed E-state index contributed by atoms with van der Waals surface area (Å²) in [5.41, 5.74) is 0.956. The van der Waals surface area contributed by atoms with Gasteiger partial charge in [0.2, 0.25) is 5.91 Å². The molecule has 5 heteroatoms. The first-order valence-corrected chi connectivity index (χ1v) is 10.6. The molecule has 1 aromatic rings. The highest BCUT2D eigenvalue weighted by atomic mass is 28.4. The van der Waals surface area contributed by atoms with Crippen LogP contribution in [0.25, 0.3) is 0 Å². The van der Waals surface area contributed by atoms with Gasteiger partial charge in [0, 0.05) is 0 Å². The van der Waals surface area contributed by atoms with E-state index in [2.05, 4.69) is 33.9 Å². The Morgan fingerprint density at radius 3 is 2.32 bits per heavy atom. The van der Waals surface area contributed by atoms with Crippen molar-refractivity contribution in [3.05, 3.63) is 35.9 Å². The van der Waals surface area contributed by atoms with E-state index in [-0.39, 0.29) is 23.3 Å². The van der Waals surface area contributed by atoms with Crippen molar-refractivity contribution in [1.82, 2.24) is 4.90 Å². The number of hydrogen-bond acceptors (Lipinski definition) is 3. The first-order chi connectivity index (χ1) is 10.1. The first-order valence-electron chi connectivity index (χ1n) is 7.68. The lowest BCUT2D eigenvalue weighted by Gasteiger charge is -2.37. The molecule has 4 nitrogen and oxygen atoms in total. The van der Waals surface area contributed by atoms with Gasteiger partial charge in [0.1, 0.15) is 6.10 Å². The van der Waals surface area contributed by atoms with E-state index in [0.717, 1.165) is 5.56 Å². The number of rotatable bonds is 4. The minimum atomic E-state index is -2.06. The zero-order valence-corrected chi connectivity index (χ0v) is 15.1. The summed E-state index contributed by atoms with van der Waals surface area (Å²) in [5, 5.41) is 0.0170. The fraction of sp³-hybridized carbons (Fsp3) is 0.529. The maximum atomic E-state index is 12.5. The number of carbonyl (C=O) groups excluding carboxylic acids is 2. The van der Waals surface area contributed by atoms with Gasteiger partial charge < -0.3 is 4.43 Å². The van der Waals surface area contributed by atoms with Gasteiger partial charge in [-0.15, -0.1) is 0 Å². The van der Waals surface area contributed by atoms with Crippen molar-refractivity contribution < 1.29 is 14.0 Å². The minimum absolute atomic E-state index is 0.0170. The molecule has 1 aliphatic rings. The summed E-state index contributed by atoms with van der Waals surface area (Å²) in [5.74, 6) is -0.337. The van der Waals surface area contributed by atoms with E-state index in [9.17, 15) is 9.59 Å². The summed E-state index contributed by atoms with van der Waals surface area (Å²) in [6.45, 7) is 10.9. The molecule has 0 aliphatic carbocycles. The molecule has 0 aromatic heterocycles. The predicted octanol–water partition coefficient (Wildman–Crippen LogP) is 3.34. The lowest BCUT2D eigenvalue weighted by molar-refractivity contribution is -0.141. The zero-order chi connectivity index (χ0) is 16.5. The van der Waals surface area contributed by atoms with Crippen molar-refractivity contribution in [3.63, 3.8) is 0 Å². The lowest BCUT2D eigenvalue weighted by atomic mass is 10.2. The van der Waals surface area contributed by atoms with E-state index in [4.69, 9.17) is 4.43 Å². The first kappa shape index (κ1) is 16.9. The Morgan fingerprint density at radius 2 is 1.77 bits per heavy atom. The van der Waals surface area contributed by atoms with Crippen molar-refractivity contribution in [2.45, 2.75) is 58.0 Å². The molecule has 2 amide bonds. The van der Waals surface area contributed by atoms with Crippen LogP contribution < -0.4 is 0 Å². The average Bonchev–Trinajstić information content (AvgIpc) is 2.66. The van der Waals surface area contributed by atoms with Crippen LogP contribution in [0.15, 0.2) is 30.3 Å². The minimum Gasteiger partial charge on any atom is -0.404 e. The second-order valence-electron chi connectivity index (χ2n) is 7.37. The number of benzene rings is 1. The maximum absolute atomic E-state index is 12.5. The number of imide groups is 1. The van der Waals surface area contributed by atoms with Crippen LogP contribution in [0.5, 0.6) is 0 Å². The second-order valence-corrected chi connectivity index (χ2v) is 12.1. The van der Waals surface area contributed by atoms with Gasteiger partial charge in [0.25, 0.3) is 5.91 Å². The van der Waals surface area contributed by atoms with Crippen LogP contribution in [0.1, 0.15) is 32.8 Å². The largest absolute Gasteiger partial charge is 0.404 e. The predicted molar refractivity (Wildman–Crippen MR) is 88.7 cm³/mol. The van der Waals surface area contributed by atoms with Crippen LogP contribution >= 0.6 is 0 Å². The normalized spacial score (nSPS) is 19.9. The van der Waals surface area contributed by atoms with Crippen molar-refractivity contribution in [3.8, 4) is 0 Å². The fourth-order valence-electron chi connectivity index (χ4n) is 2.21. The summed E-state index contributed by atoms with van der Waals surface area (Å²) in [6.07, 6.45) is -0.449. The fourth-order valence-corrected chi connectivity index (χ4v) is 3.46. The molecule has 0 radical (unpaired) electrons. The molecular formula is C17H25NO3Si. The molecule has 0 saturated carbocycles. The van der Waals surface area contributed by atoms with Gasteiger partial charge in [-0.2, -0.15) is 0 Å². The molecule has 1 aromatic carbocycles. The topological polar surface area (TPSA) is 46.6 Å². The summed E-state index contributed by atoms with van der Waals surface area (Å²) in [6, 6.07) is 9.57. The molecule has 0 spiro atoms. The van der Waals surface area contributed by atoms with Gasteiger partial charge in [0.15, 0.2) is 8.32 Å². The Kier molecular flexibility index (Phi) is 4.59. The van der Waals surface area contributed by atoms with Crippen LogP contribution in [0.2, 0.25) is 18.1 Å². The Balaban J connectivity index is 2.09. The third-order valence-electron chi connectivity index (χ3n) is 4.63. The van der Waals surface area contributed by atoms with Crippen LogP contribution in [-0.4, -0.2) is 31.1 Å². The SMILES string of the molecule is CC(C)(C)[Si](C)(C)OC1CC(=O)N(Cc2ccccc2)C1=O. The molecule has 0 N–H and O–H groups in total. The molecular weight excluding hydrogens is 294 g/mol. The molecule has 1 saturated heterocycles. The van der Waals surface area contributed by atoms with E-state index < -0.39 is 14.4 Å². The van der Waals surface area contributed by atoms with Gasteiger partial charge in [-0.1, -0.05) is 51.1 Å². The number of amides is 2. The Labute approximate surface area is 133 Å². The zero-order valence-electron chi connectivity index (χ0n) is 14.1. The summed E-state index contributed by atoms with van der Waals surface area (Å²) in [7, 11) is -2.06. The van der Waals surface area contributed by atoms with Crippen molar-refractivity contribution in [2.75, 3.05) is 0 Å². The number of hydrogen-bond donors (Lipinski definition) is 0. The number of nitrogens with zero attached hydrogens (tertiary/aromatic N) is 1. The Hall–Kier alpha value is -1.46. The molecule has 1 heterocycles. The lowest BCUT2D eigenvalue weighted by Crippen LogP contribution is -2.46. The third kappa shape index (κ3) is 3.47. The van der Waals surface area contributed by atoms with Crippen LogP contribution in [-0.2, 0) is 20.6 Å². The summed E-state index contributed by atoms with van der Waals surface area (Å²) in [4.78, 5) is 26.0. The highest BCUT2D eigenvalue weighted by molar-refractivity contribution is 6.74. The molecule has 2 rings (SSSR count). The molecule has 1 fully saturated rings. The molecule has 120 valence electrons. The Morgan fingerprint density at radius 1 is 1.18 bits per heavy atom. The highest BCUT2D eigenvalue weighted by Gasteiger charge is 2.46. The average molecular weight is 319 g/mol. The van der Waals surface area contributed by atoms with E-state index in [1.54, 1.807) is 0 Å². The smallest absolute Gasteiger partial charge is 0.257 e. The number of likely N-dealkylation sites (tertiary alicyclic amines) is 1. The van der Waals surface area contributed by atoms with E-state index in [1.807, 2.05) is 30.3 Å². The molecule has 22 heavy (non-hydrogen) atoms. The van der Waals surface area contributed by atoms with Crippen LogP contribution in [0.3, 0.4) is 0 Å². The maximum Gasteiger partial charge on any atom is 0.257 e. The third-order valence-corrected chi connectivity index (χ3v) is 9.12. The standard InChI is InChI=1S/C17H25NO3Si/c1-17(2,3)22(4,5)21-14-11-15(19)18(16(14)20)12-13-9-7-6-8-10-13/h6-10,14H,11-12H2,1-5H3. The van der Waals surface area contributed by atoms with Gasteiger partial charge >= 0.3 is 0 Å². The van der Waals surface area contributed by atoms with E-state index in [1.165, 1.54) is 4.90 Å². The van der Waals surface area contributed by atoms with Gasteiger partial charge in [-0.05, 0) is 23.7 Å². The van der Waals surface area contributed by atoms with Gasteiger partial charge in [0.05, 0.1) is 13.0 Å². The van der Waals surface area contributed by atoms with E-state index >= 15 is 0 Å². The monoisotopic (exact) mass is 319 g/mol. The van der Waals surface area contributed by atoms with Gasteiger partial charge in [-0.3, -0.25) is 14.5 Å².